The van der Waals surface area contributed by atoms with Gasteiger partial charge in [-0.05, 0) is 49.7 Å². The lowest BCUT2D eigenvalue weighted by atomic mass is 10.0. The van der Waals surface area contributed by atoms with Gasteiger partial charge in [-0.1, -0.05) is 0 Å². The molecule has 1 N–H and O–H groups in total. The standard InChI is InChI=1S/C19H22N6S/c1-6-21-18(22-7-1)19-24-17(14-26-19)12-23-16-4-10-25(11-5-16)13-15-2-8-20-9-3-15/h1-3,6-9,14,16,23H,4-5,10-13H2. The minimum absolute atomic E-state index is 0.557. The number of hydrogen-bond acceptors (Lipinski definition) is 7. The molecule has 0 saturated carbocycles. The fourth-order valence-corrected chi connectivity index (χ4v) is 3.96. The van der Waals surface area contributed by atoms with Gasteiger partial charge in [-0.15, -0.1) is 11.3 Å². The molecule has 6 nitrogen and oxygen atoms in total. The number of likely N-dealkylation sites (tertiary alicyclic amines) is 1. The van der Waals surface area contributed by atoms with Crippen molar-refractivity contribution in [2.24, 2.45) is 0 Å². The van der Waals surface area contributed by atoms with Crippen LogP contribution in [0, 0.1) is 0 Å². The van der Waals surface area contributed by atoms with Gasteiger partial charge in [-0.3, -0.25) is 9.88 Å². The van der Waals surface area contributed by atoms with Crippen molar-refractivity contribution in [3.63, 3.8) is 0 Å². The molecule has 0 aliphatic carbocycles. The molecule has 3 aromatic rings. The molecular weight excluding hydrogens is 344 g/mol. The molecule has 1 aliphatic heterocycles. The van der Waals surface area contributed by atoms with Crippen molar-refractivity contribution < 1.29 is 0 Å². The van der Waals surface area contributed by atoms with Crippen LogP contribution in [-0.4, -0.2) is 44.0 Å². The van der Waals surface area contributed by atoms with Crippen LogP contribution in [0.1, 0.15) is 24.1 Å². The molecule has 0 amide bonds. The van der Waals surface area contributed by atoms with Gasteiger partial charge in [0.05, 0.1) is 5.69 Å². The van der Waals surface area contributed by atoms with Gasteiger partial charge in [0.25, 0.3) is 0 Å². The third kappa shape index (κ3) is 4.49. The van der Waals surface area contributed by atoms with Crippen LogP contribution in [0.3, 0.4) is 0 Å². The first-order valence-corrected chi connectivity index (χ1v) is 9.81. The van der Waals surface area contributed by atoms with Gasteiger partial charge in [-0.25, -0.2) is 15.0 Å². The highest BCUT2D eigenvalue weighted by atomic mass is 32.1. The fraction of sp³-hybridized carbons (Fsp3) is 0.368. The Kier molecular flexibility index (Phi) is 5.59. The van der Waals surface area contributed by atoms with E-state index >= 15 is 0 Å². The van der Waals surface area contributed by atoms with E-state index in [-0.39, 0.29) is 0 Å². The summed E-state index contributed by atoms with van der Waals surface area (Å²) in [5, 5.41) is 6.63. The van der Waals surface area contributed by atoms with Crippen molar-refractivity contribution in [1.29, 1.82) is 0 Å². The normalized spacial score (nSPS) is 16.0. The zero-order chi connectivity index (χ0) is 17.6. The number of thiazole rings is 1. The highest BCUT2D eigenvalue weighted by Gasteiger charge is 2.19. The first kappa shape index (κ1) is 17.2. The fourth-order valence-electron chi connectivity index (χ4n) is 3.19. The Morgan fingerprint density at radius 3 is 2.62 bits per heavy atom. The molecule has 4 heterocycles. The van der Waals surface area contributed by atoms with E-state index in [0.29, 0.717) is 11.9 Å². The summed E-state index contributed by atoms with van der Waals surface area (Å²) in [4.78, 5) is 19.8. The van der Waals surface area contributed by atoms with E-state index in [1.165, 1.54) is 18.4 Å². The maximum Gasteiger partial charge on any atom is 0.188 e. The molecule has 0 spiro atoms. The first-order chi connectivity index (χ1) is 12.9. The van der Waals surface area contributed by atoms with Crippen molar-refractivity contribution >= 4 is 11.3 Å². The summed E-state index contributed by atoms with van der Waals surface area (Å²) in [6.45, 7) is 4.07. The lowest BCUT2D eigenvalue weighted by Crippen LogP contribution is -2.41. The summed E-state index contributed by atoms with van der Waals surface area (Å²) in [5.74, 6) is 0.702. The molecular formula is C19H22N6S. The zero-order valence-electron chi connectivity index (χ0n) is 14.6. The molecule has 134 valence electrons. The van der Waals surface area contributed by atoms with Crippen LogP contribution < -0.4 is 5.32 Å². The number of piperidine rings is 1. The number of hydrogen-bond donors (Lipinski definition) is 1. The van der Waals surface area contributed by atoms with E-state index in [0.717, 1.165) is 36.9 Å². The Hall–Kier alpha value is -2.22. The van der Waals surface area contributed by atoms with E-state index < -0.39 is 0 Å². The van der Waals surface area contributed by atoms with Crippen LogP contribution in [0.15, 0.2) is 48.4 Å². The Morgan fingerprint density at radius 1 is 1.08 bits per heavy atom. The third-order valence-corrected chi connectivity index (χ3v) is 5.51. The van der Waals surface area contributed by atoms with Gasteiger partial charge >= 0.3 is 0 Å². The van der Waals surface area contributed by atoms with Crippen molar-refractivity contribution in [3.8, 4) is 10.8 Å². The molecule has 26 heavy (non-hydrogen) atoms. The minimum Gasteiger partial charge on any atom is -0.308 e. The monoisotopic (exact) mass is 366 g/mol. The molecule has 3 aromatic heterocycles. The average molecular weight is 366 g/mol. The topological polar surface area (TPSA) is 66.8 Å². The van der Waals surface area contributed by atoms with E-state index in [9.17, 15) is 0 Å². The molecule has 0 atom stereocenters. The molecule has 7 heteroatoms. The Balaban J connectivity index is 1.23. The average Bonchev–Trinajstić information content (AvgIpc) is 3.18. The summed E-state index contributed by atoms with van der Waals surface area (Å²) >= 11 is 1.60. The predicted octanol–water partition coefficient (Wildman–Crippen LogP) is 2.75. The Morgan fingerprint density at radius 2 is 1.85 bits per heavy atom. The molecule has 0 radical (unpaired) electrons. The summed E-state index contributed by atoms with van der Waals surface area (Å²) in [5.41, 5.74) is 2.40. The number of pyridine rings is 1. The van der Waals surface area contributed by atoms with Crippen LogP contribution in [0.2, 0.25) is 0 Å². The van der Waals surface area contributed by atoms with Crippen LogP contribution in [0.25, 0.3) is 10.8 Å². The van der Waals surface area contributed by atoms with Gasteiger partial charge in [0, 0.05) is 49.3 Å². The summed E-state index contributed by atoms with van der Waals surface area (Å²) in [7, 11) is 0. The highest BCUT2D eigenvalue weighted by Crippen LogP contribution is 2.20. The molecule has 1 aliphatic rings. The number of aromatic nitrogens is 4. The largest absolute Gasteiger partial charge is 0.308 e. The second kappa shape index (κ2) is 8.44. The second-order valence-electron chi connectivity index (χ2n) is 6.50. The van der Waals surface area contributed by atoms with Crippen molar-refractivity contribution in [2.45, 2.75) is 32.0 Å². The van der Waals surface area contributed by atoms with E-state index in [1.54, 1.807) is 23.7 Å². The Bertz CT molecular complexity index is 799. The van der Waals surface area contributed by atoms with Gasteiger partial charge in [-0.2, -0.15) is 0 Å². The van der Waals surface area contributed by atoms with Crippen LogP contribution in [0.5, 0.6) is 0 Å². The molecule has 1 saturated heterocycles. The number of nitrogens with zero attached hydrogens (tertiary/aromatic N) is 5. The summed E-state index contributed by atoms with van der Waals surface area (Å²) in [6, 6.07) is 6.57. The molecule has 1 fully saturated rings. The van der Waals surface area contributed by atoms with Gasteiger partial charge in [0.15, 0.2) is 10.8 Å². The predicted molar refractivity (Wildman–Crippen MR) is 103 cm³/mol. The van der Waals surface area contributed by atoms with Gasteiger partial charge in [0.1, 0.15) is 0 Å². The maximum absolute atomic E-state index is 4.65. The van der Waals surface area contributed by atoms with Crippen molar-refractivity contribution in [1.82, 2.24) is 30.2 Å². The van der Waals surface area contributed by atoms with Gasteiger partial charge < -0.3 is 5.32 Å². The zero-order valence-corrected chi connectivity index (χ0v) is 15.4. The Labute approximate surface area is 157 Å². The van der Waals surface area contributed by atoms with E-state index in [1.807, 2.05) is 18.5 Å². The lowest BCUT2D eigenvalue weighted by Gasteiger charge is -2.32. The third-order valence-electron chi connectivity index (χ3n) is 4.62. The van der Waals surface area contributed by atoms with E-state index in [2.05, 4.69) is 47.7 Å². The summed E-state index contributed by atoms with van der Waals surface area (Å²) in [6.07, 6.45) is 9.58. The molecule has 0 unspecified atom stereocenters. The smallest absolute Gasteiger partial charge is 0.188 e. The lowest BCUT2D eigenvalue weighted by molar-refractivity contribution is 0.190. The van der Waals surface area contributed by atoms with Gasteiger partial charge in [0.2, 0.25) is 0 Å². The van der Waals surface area contributed by atoms with Crippen molar-refractivity contribution in [3.05, 3.63) is 59.6 Å². The summed E-state index contributed by atoms with van der Waals surface area (Å²) < 4.78 is 0. The van der Waals surface area contributed by atoms with E-state index in [4.69, 9.17) is 0 Å². The first-order valence-electron chi connectivity index (χ1n) is 8.93. The minimum atomic E-state index is 0.557. The maximum atomic E-state index is 4.65. The number of rotatable bonds is 6. The second-order valence-corrected chi connectivity index (χ2v) is 7.36. The molecule has 0 bridgehead atoms. The molecule has 4 rings (SSSR count). The van der Waals surface area contributed by atoms with Crippen LogP contribution >= 0.6 is 11.3 Å². The van der Waals surface area contributed by atoms with Crippen molar-refractivity contribution in [2.75, 3.05) is 13.1 Å². The van der Waals surface area contributed by atoms with Crippen LogP contribution in [0.4, 0.5) is 0 Å². The highest BCUT2D eigenvalue weighted by molar-refractivity contribution is 7.13. The number of nitrogens with one attached hydrogen (secondary N) is 1. The quantitative estimate of drug-likeness (QED) is 0.724. The SMILES string of the molecule is c1cnc(-c2nc(CNC3CCN(Cc4ccncc4)CC3)cs2)nc1. The van der Waals surface area contributed by atoms with Crippen LogP contribution in [-0.2, 0) is 13.1 Å². The molecule has 0 aromatic carbocycles.